The summed E-state index contributed by atoms with van der Waals surface area (Å²) in [6, 6.07) is 8.43. The van der Waals surface area contributed by atoms with Crippen molar-refractivity contribution in [1.82, 2.24) is 30.5 Å². The molecule has 9 unspecified atom stereocenters. The molecule has 15 nitrogen and oxygen atoms in total. The van der Waals surface area contributed by atoms with E-state index in [1.165, 1.54) is 18.4 Å². The molecular weight excluding hydrogens is 789 g/mol. The van der Waals surface area contributed by atoms with Crippen LogP contribution in [0.4, 0.5) is 0 Å². The van der Waals surface area contributed by atoms with Crippen LogP contribution in [0.2, 0.25) is 0 Å². The summed E-state index contributed by atoms with van der Waals surface area (Å²) < 4.78 is 25.7. The maximum absolute atomic E-state index is 13.1. The molecule has 2 fully saturated rings. The molecule has 344 valence electrons. The van der Waals surface area contributed by atoms with E-state index in [1.54, 1.807) is 26.0 Å². The molecule has 0 spiro atoms. The molecule has 1 aliphatic carbocycles. The summed E-state index contributed by atoms with van der Waals surface area (Å²) in [6.07, 6.45) is 5.47. The van der Waals surface area contributed by atoms with Crippen molar-refractivity contribution in [3.63, 3.8) is 0 Å². The second-order valence-corrected chi connectivity index (χ2v) is 17.3. The van der Waals surface area contributed by atoms with Crippen LogP contribution < -0.4 is 20.7 Å². The molecule has 1 saturated heterocycles. The van der Waals surface area contributed by atoms with Gasteiger partial charge in [0.2, 0.25) is 24.6 Å². The SMILES string of the molecule is CCC.CCC(C)C(C(CC)OC)N(C)C(=O)CNC=O.CNC(C)C(C)C.COC(C(C)C(=O)NC(Cc1ccccc1)C(=O)NS(=O)C1CC1)C1CC(=O)CN1C=O. The standard InChI is InChI=1S/C22H29N3O6S.C13H26N2O3.C6H15N.C3H8/c1-14(20(31-2)19-11-16(27)12-25(19)13-26)21(28)23-18(10-15-6-4-3-5-7-15)22(29)24-32(30)17-8-9-17;1-6-10(3)13(11(7-2)18-5)15(4)12(17)8-14-9-16;1-5(2)6(3)7-4;1-3-2/h3-7,13-14,17-20H,8-12H2,1-2H3,(H,23,28)(H,24,29);9-11,13H,6-8H2,1-5H3,(H,14,16);5-7H,1-4H3;3H2,1-2H3. The van der Waals surface area contributed by atoms with Gasteiger partial charge in [-0.2, -0.15) is 0 Å². The second-order valence-electron chi connectivity index (χ2n) is 15.9. The Kier molecular flexibility index (Phi) is 29.2. The van der Waals surface area contributed by atoms with Crippen molar-refractivity contribution in [2.45, 2.75) is 149 Å². The fraction of sp³-hybridized carbons (Fsp3) is 0.727. The Balaban J connectivity index is 0.00000104. The molecule has 60 heavy (non-hydrogen) atoms. The molecule has 1 saturated carbocycles. The van der Waals surface area contributed by atoms with Crippen molar-refractivity contribution in [2.75, 3.05) is 41.4 Å². The predicted octanol–water partition coefficient (Wildman–Crippen LogP) is 3.80. The normalized spacial score (nSPS) is 18.5. The summed E-state index contributed by atoms with van der Waals surface area (Å²) in [4.78, 5) is 74.3. The molecule has 1 aromatic rings. The van der Waals surface area contributed by atoms with Crippen LogP contribution in [0.25, 0.3) is 0 Å². The van der Waals surface area contributed by atoms with Crippen molar-refractivity contribution in [3.05, 3.63) is 35.9 Å². The number of rotatable bonds is 22. The fourth-order valence-electron chi connectivity index (χ4n) is 6.44. The predicted molar refractivity (Wildman–Crippen MR) is 238 cm³/mol. The molecule has 3 rings (SSSR count). The molecule has 0 aromatic heterocycles. The lowest BCUT2D eigenvalue weighted by atomic mass is 9.91. The molecule has 1 heterocycles. The number of carbonyl (C=O) groups excluding carboxylic acids is 6. The first-order valence-corrected chi connectivity index (χ1v) is 22.6. The minimum Gasteiger partial charge on any atom is -0.379 e. The van der Waals surface area contributed by atoms with Crippen LogP contribution in [0.15, 0.2) is 30.3 Å². The lowest BCUT2D eigenvalue weighted by Crippen LogP contribution is -2.53. The first-order valence-electron chi connectivity index (χ1n) is 21.4. The van der Waals surface area contributed by atoms with E-state index in [9.17, 15) is 33.0 Å². The number of nitrogens with one attached hydrogen (secondary N) is 4. The third kappa shape index (κ3) is 20.2. The number of Topliss-reactive ketones (excluding diaryl/α,β-unsaturated/α-hetero) is 1. The van der Waals surface area contributed by atoms with E-state index in [4.69, 9.17) is 9.47 Å². The molecule has 16 heteroatoms. The third-order valence-electron chi connectivity index (χ3n) is 10.8. The minimum absolute atomic E-state index is 0.00557. The van der Waals surface area contributed by atoms with Crippen molar-refractivity contribution in [3.8, 4) is 0 Å². The van der Waals surface area contributed by atoms with Gasteiger partial charge in [0.1, 0.15) is 17.0 Å². The Hall–Kier alpha value is -3.73. The zero-order valence-electron chi connectivity index (χ0n) is 38.7. The van der Waals surface area contributed by atoms with Gasteiger partial charge in [0, 0.05) is 40.2 Å². The number of likely N-dealkylation sites (tertiary alicyclic amines) is 1. The summed E-state index contributed by atoms with van der Waals surface area (Å²) in [6.45, 7) is 18.8. The Morgan fingerprint density at radius 1 is 0.950 bits per heavy atom. The van der Waals surface area contributed by atoms with Gasteiger partial charge >= 0.3 is 0 Å². The Bertz CT molecular complexity index is 1430. The first kappa shape index (κ1) is 56.3. The van der Waals surface area contributed by atoms with Gasteiger partial charge in [0.25, 0.3) is 5.91 Å². The van der Waals surface area contributed by atoms with E-state index in [-0.39, 0.29) is 55.0 Å². The zero-order valence-corrected chi connectivity index (χ0v) is 39.5. The van der Waals surface area contributed by atoms with Crippen molar-refractivity contribution in [1.29, 1.82) is 0 Å². The van der Waals surface area contributed by atoms with Crippen LogP contribution >= 0.6 is 0 Å². The zero-order chi connectivity index (χ0) is 45.9. The van der Waals surface area contributed by atoms with Crippen LogP contribution in [0.1, 0.15) is 106 Å². The number of hydrogen-bond acceptors (Lipinski definition) is 10. The number of ether oxygens (including phenoxy) is 2. The maximum atomic E-state index is 13.1. The Morgan fingerprint density at radius 3 is 1.98 bits per heavy atom. The summed E-state index contributed by atoms with van der Waals surface area (Å²) in [7, 11) is 5.38. The highest BCUT2D eigenvalue weighted by Crippen LogP contribution is 2.26. The summed E-state index contributed by atoms with van der Waals surface area (Å²) in [5, 5.41) is 8.29. The molecule has 9 atom stereocenters. The average molecular weight is 867 g/mol. The van der Waals surface area contributed by atoms with Crippen LogP contribution in [-0.2, 0) is 55.6 Å². The maximum Gasteiger partial charge on any atom is 0.254 e. The largest absolute Gasteiger partial charge is 0.379 e. The molecule has 1 aromatic carbocycles. The number of carbonyl (C=O) groups is 6. The van der Waals surface area contributed by atoms with Gasteiger partial charge in [-0.3, -0.25) is 33.5 Å². The highest BCUT2D eigenvalue weighted by molar-refractivity contribution is 7.84. The molecule has 1 aliphatic heterocycles. The van der Waals surface area contributed by atoms with Crippen LogP contribution in [0.5, 0.6) is 0 Å². The van der Waals surface area contributed by atoms with Crippen molar-refractivity contribution < 1.29 is 42.4 Å². The van der Waals surface area contributed by atoms with E-state index in [0.29, 0.717) is 24.8 Å². The Morgan fingerprint density at radius 2 is 1.55 bits per heavy atom. The fourth-order valence-corrected chi connectivity index (χ4v) is 7.51. The van der Waals surface area contributed by atoms with E-state index in [2.05, 4.69) is 69.1 Å². The third-order valence-corrected chi connectivity index (χ3v) is 12.3. The lowest BCUT2D eigenvalue weighted by Gasteiger charge is -2.37. The lowest BCUT2D eigenvalue weighted by molar-refractivity contribution is -0.136. The van der Waals surface area contributed by atoms with Crippen LogP contribution in [0.3, 0.4) is 0 Å². The topological polar surface area (TPSA) is 193 Å². The van der Waals surface area contributed by atoms with Gasteiger partial charge in [0.05, 0.1) is 48.5 Å². The van der Waals surface area contributed by atoms with E-state index < -0.39 is 46.9 Å². The van der Waals surface area contributed by atoms with Gasteiger partial charge in [-0.05, 0) is 50.6 Å². The molecular formula is C44H78N6O9S. The number of methoxy groups -OCH3 is 2. The molecule has 0 bridgehead atoms. The summed E-state index contributed by atoms with van der Waals surface area (Å²) >= 11 is 0. The van der Waals surface area contributed by atoms with Gasteiger partial charge in [0.15, 0.2) is 5.78 Å². The highest BCUT2D eigenvalue weighted by Gasteiger charge is 2.41. The van der Waals surface area contributed by atoms with Crippen LogP contribution in [0, 0.1) is 17.8 Å². The van der Waals surface area contributed by atoms with Gasteiger partial charge in [-0.15, -0.1) is 0 Å². The smallest absolute Gasteiger partial charge is 0.254 e. The number of nitrogens with zero attached hydrogens (tertiary/aromatic N) is 2. The second kappa shape index (κ2) is 31.2. The van der Waals surface area contributed by atoms with Crippen molar-refractivity contribution >= 4 is 47.3 Å². The Labute approximate surface area is 363 Å². The van der Waals surface area contributed by atoms with Crippen molar-refractivity contribution in [2.24, 2.45) is 17.8 Å². The van der Waals surface area contributed by atoms with Gasteiger partial charge in [-0.25, -0.2) is 4.21 Å². The average Bonchev–Trinajstić information content (AvgIpc) is 4.03. The summed E-state index contributed by atoms with van der Waals surface area (Å²) in [5.74, 6) is -0.790. The molecule has 0 radical (unpaired) electrons. The summed E-state index contributed by atoms with van der Waals surface area (Å²) in [5.41, 5.74) is 0.842. The monoisotopic (exact) mass is 867 g/mol. The van der Waals surface area contributed by atoms with Crippen LogP contribution in [-0.4, -0.2) is 133 Å². The van der Waals surface area contributed by atoms with Gasteiger partial charge < -0.3 is 35.2 Å². The molecule has 4 N–H and O–H groups in total. The van der Waals surface area contributed by atoms with E-state index >= 15 is 0 Å². The van der Waals surface area contributed by atoms with E-state index in [0.717, 1.165) is 37.2 Å². The van der Waals surface area contributed by atoms with Gasteiger partial charge in [-0.1, -0.05) is 98.6 Å². The molecule has 2 aliphatic rings. The number of benzene rings is 1. The van der Waals surface area contributed by atoms with E-state index in [1.807, 2.05) is 44.3 Å². The number of ketones is 1. The minimum atomic E-state index is -1.48. The first-order chi connectivity index (χ1) is 28.5. The number of likely N-dealkylation sites (N-methyl/N-ethyl adjacent to an activating group) is 1. The highest BCUT2D eigenvalue weighted by atomic mass is 32.2. The number of hydrogen-bond donors (Lipinski definition) is 4. The number of amides is 5. The molecule has 5 amide bonds. The quantitative estimate of drug-likeness (QED) is 0.125.